The van der Waals surface area contributed by atoms with Gasteiger partial charge in [0, 0.05) is 65.2 Å². The number of benzene rings is 16. The molecule has 0 bridgehead atoms. The summed E-state index contributed by atoms with van der Waals surface area (Å²) in [4.78, 5) is 0. The highest BCUT2D eigenvalue weighted by Gasteiger charge is 2.38. The molecule has 0 amide bonds. The molecular formula is C86H64Cl4O6P2. The number of aromatic hydroxyl groups is 4. The smallest absolute Gasteiger partial charge is 0.171 e. The van der Waals surface area contributed by atoms with E-state index in [0.29, 0.717) is 22.3 Å². The second-order valence-corrected chi connectivity index (χ2v) is 29.9. The second kappa shape index (κ2) is 31.0. The summed E-state index contributed by atoms with van der Waals surface area (Å²) >= 11 is 19.1. The minimum absolute atomic E-state index is 0.172. The van der Waals surface area contributed by atoms with E-state index in [-0.39, 0.29) is 33.7 Å². The summed E-state index contributed by atoms with van der Waals surface area (Å²) in [5, 5.41) is 58.4. The molecule has 0 atom stereocenters. The lowest BCUT2D eigenvalue weighted by molar-refractivity contribution is 0.470. The third kappa shape index (κ3) is 13.5. The quantitative estimate of drug-likeness (QED) is 0.0845. The molecule has 0 spiro atoms. The highest BCUT2D eigenvalue weighted by molar-refractivity contribution is 7.86. The van der Waals surface area contributed by atoms with Crippen molar-refractivity contribution in [3.05, 3.63) is 340 Å². The molecule has 0 aliphatic heterocycles. The van der Waals surface area contributed by atoms with Crippen molar-refractivity contribution in [1.29, 1.82) is 0 Å². The number of hydrogen-bond acceptors (Lipinski definition) is 6. The summed E-state index contributed by atoms with van der Waals surface area (Å²) in [7, 11) is -6.94. The summed E-state index contributed by atoms with van der Waals surface area (Å²) in [5.74, 6) is 0.686. The molecule has 0 radical (unpaired) electrons. The molecule has 0 heterocycles. The fourth-order valence-corrected chi connectivity index (χ4v) is 18.8. The van der Waals surface area contributed by atoms with E-state index in [2.05, 4.69) is 36.4 Å². The van der Waals surface area contributed by atoms with Crippen LogP contribution in [0.25, 0.3) is 98.0 Å². The summed E-state index contributed by atoms with van der Waals surface area (Å²) in [5.41, 5.74) is 4.39. The van der Waals surface area contributed by atoms with Crippen LogP contribution in [0.15, 0.2) is 340 Å². The summed E-state index contributed by atoms with van der Waals surface area (Å²) < 4.78 is 32.4. The van der Waals surface area contributed by atoms with Crippen molar-refractivity contribution < 1.29 is 29.6 Å². The summed E-state index contributed by atoms with van der Waals surface area (Å²) in [6.45, 7) is 0. The molecule has 6 nitrogen and oxygen atoms in total. The number of halogens is 4. The third-order valence-corrected chi connectivity index (χ3v) is 23.6. The van der Waals surface area contributed by atoms with Crippen molar-refractivity contribution in [3.8, 4) is 56.4 Å². The van der Waals surface area contributed by atoms with Crippen molar-refractivity contribution in [2.24, 2.45) is 0 Å². The van der Waals surface area contributed by atoms with Gasteiger partial charge in [-0.1, -0.05) is 303 Å². The molecule has 0 fully saturated rings. The van der Waals surface area contributed by atoms with Gasteiger partial charge in [0.25, 0.3) is 0 Å². The summed E-state index contributed by atoms with van der Waals surface area (Å²) in [6.07, 6.45) is 0. The Balaban J connectivity index is 0.000000151. The maximum Gasteiger partial charge on any atom is 0.171 e. The number of fused-ring (bicyclic) bond motifs is 6. The molecule has 0 saturated carbocycles. The SMILES string of the molecule is ClCCl.ClCCl.O=P(c1ccccc1)(c1ccccc1)c1ccc2ccccc2c1-c1c(P(=O)(c2ccccc2)c2ccccc2)ccc2ccccc12.Oc1ccc2ccccc2c1-c1c(O)ccc2ccccc12.Oc1ccc2ccccc2c1-c1c(O)ccc2ccccc12. The van der Waals surface area contributed by atoms with Crippen molar-refractivity contribution in [3.63, 3.8) is 0 Å². The minimum atomic E-state index is -3.47. The van der Waals surface area contributed by atoms with Gasteiger partial charge in [-0.25, -0.2) is 0 Å². The van der Waals surface area contributed by atoms with Crippen LogP contribution in [0.3, 0.4) is 0 Å². The molecule has 12 heteroatoms. The van der Waals surface area contributed by atoms with Crippen LogP contribution in [0.1, 0.15) is 0 Å². The first kappa shape index (κ1) is 67.9. The third-order valence-electron chi connectivity index (χ3n) is 17.3. The van der Waals surface area contributed by atoms with Crippen LogP contribution in [0, 0.1) is 0 Å². The molecule has 16 aromatic carbocycles. The van der Waals surface area contributed by atoms with Gasteiger partial charge in [-0.3, -0.25) is 0 Å². The van der Waals surface area contributed by atoms with Gasteiger partial charge in [0.15, 0.2) is 14.3 Å². The van der Waals surface area contributed by atoms with Crippen molar-refractivity contribution in [2.75, 3.05) is 10.7 Å². The van der Waals surface area contributed by atoms with Gasteiger partial charge in [0.1, 0.15) is 23.0 Å². The molecule has 16 aromatic rings. The monoisotopic (exact) mass is 1390 g/mol. The molecule has 0 aliphatic carbocycles. The van der Waals surface area contributed by atoms with Crippen molar-refractivity contribution in [1.82, 2.24) is 0 Å². The largest absolute Gasteiger partial charge is 0.507 e. The first-order chi connectivity index (χ1) is 47.9. The van der Waals surface area contributed by atoms with E-state index in [4.69, 9.17) is 46.4 Å². The van der Waals surface area contributed by atoms with E-state index in [1.165, 1.54) is 0 Å². The van der Waals surface area contributed by atoms with Crippen LogP contribution in [0.2, 0.25) is 0 Å². The van der Waals surface area contributed by atoms with E-state index in [1.54, 1.807) is 24.3 Å². The lowest BCUT2D eigenvalue weighted by Crippen LogP contribution is -2.30. The lowest BCUT2D eigenvalue weighted by atomic mass is 9.92. The molecule has 16 rings (SSSR count). The molecule has 0 aromatic heterocycles. The van der Waals surface area contributed by atoms with Gasteiger partial charge in [-0.2, -0.15) is 0 Å². The average molecular weight is 1400 g/mol. The zero-order valence-corrected chi connectivity index (χ0v) is 57.6. The average Bonchev–Trinajstić information content (AvgIpc) is 0.718. The maximum atomic E-state index is 16.2. The highest BCUT2D eigenvalue weighted by atomic mass is 35.5. The van der Waals surface area contributed by atoms with Crippen molar-refractivity contribution in [2.45, 2.75) is 0 Å². The normalized spacial score (nSPS) is 11.2. The zero-order chi connectivity index (χ0) is 68.2. The number of rotatable bonds is 9. The van der Waals surface area contributed by atoms with Gasteiger partial charge < -0.3 is 29.6 Å². The Morgan fingerprint density at radius 1 is 0.204 bits per heavy atom. The zero-order valence-electron chi connectivity index (χ0n) is 52.8. The highest BCUT2D eigenvalue weighted by Crippen LogP contribution is 2.53. The fraction of sp³-hybridized carbons (Fsp3) is 0.0233. The first-order valence-electron chi connectivity index (χ1n) is 31.5. The van der Waals surface area contributed by atoms with E-state index in [1.807, 2.05) is 279 Å². The Morgan fingerprint density at radius 2 is 0.367 bits per heavy atom. The first-order valence-corrected chi connectivity index (χ1v) is 37.0. The van der Waals surface area contributed by atoms with E-state index in [9.17, 15) is 20.4 Å². The Kier molecular flexibility index (Phi) is 21.4. The van der Waals surface area contributed by atoms with Crippen molar-refractivity contribution >= 4 is 157 Å². The Bertz CT molecular complexity index is 4990. The molecule has 0 aliphatic rings. The standard InChI is InChI=1S/C44H32O2P2.2C20H14O2.2CH2Cl2/c45-47(35-19-5-1-6-20-35,36-21-7-2-8-22-36)41-31-29-33-17-13-15-27-39(33)43(41)44-40-28-16-14-18-34(40)30-32-42(44)48(46,37-23-9-3-10-24-37)38-25-11-4-12-26-38;2*21-17-11-9-13-5-1-3-7-15(13)19(17)20-16-8-4-2-6-14(16)10-12-18(20)22;2*2-1-3/h1-32H;2*1-12,21-22H;2*1H2. The summed E-state index contributed by atoms with van der Waals surface area (Å²) in [6, 6.07) is 110. The van der Waals surface area contributed by atoms with Gasteiger partial charge in [-0.15, -0.1) is 46.4 Å². The molecule has 0 unspecified atom stereocenters. The Morgan fingerprint density at radius 3 is 0.571 bits per heavy atom. The van der Waals surface area contributed by atoms with Gasteiger partial charge in [0.2, 0.25) is 0 Å². The Hall–Kier alpha value is -10.1. The van der Waals surface area contributed by atoms with E-state index >= 15 is 9.13 Å². The molecule has 0 saturated heterocycles. The minimum Gasteiger partial charge on any atom is -0.507 e. The second-order valence-electron chi connectivity index (χ2n) is 22.8. The molecule has 4 N–H and O–H groups in total. The number of phenolic OH excluding ortho intramolecular Hbond substituents is 4. The fourth-order valence-electron chi connectivity index (χ4n) is 13.1. The van der Waals surface area contributed by atoms with E-state index < -0.39 is 14.3 Å². The number of alkyl halides is 4. The molecule has 482 valence electrons. The van der Waals surface area contributed by atoms with Gasteiger partial charge in [0.05, 0.1) is 10.7 Å². The number of hydrogen-bond donors (Lipinski definition) is 4. The maximum absolute atomic E-state index is 16.2. The van der Waals surface area contributed by atoms with Crippen LogP contribution in [-0.4, -0.2) is 31.1 Å². The Labute approximate surface area is 589 Å². The van der Waals surface area contributed by atoms with E-state index in [0.717, 1.165) is 108 Å². The molecular weight excluding hydrogens is 1330 g/mol. The van der Waals surface area contributed by atoms with Gasteiger partial charge in [-0.05, 0) is 101 Å². The number of phenols is 4. The van der Waals surface area contributed by atoms with Crippen LogP contribution in [0.5, 0.6) is 23.0 Å². The van der Waals surface area contributed by atoms with Crippen LogP contribution in [-0.2, 0) is 9.13 Å². The van der Waals surface area contributed by atoms with Crippen LogP contribution in [0.4, 0.5) is 0 Å². The van der Waals surface area contributed by atoms with Crippen LogP contribution < -0.4 is 31.8 Å². The molecule has 98 heavy (non-hydrogen) atoms. The topological polar surface area (TPSA) is 115 Å². The van der Waals surface area contributed by atoms with Crippen LogP contribution >= 0.6 is 60.7 Å². The predicted molar refractivity (Wildman–Crippen MR) is 419 cm³/mol. The lowest BCUT2D eigenvalue weighted by Gasteiger charge is -2.28. The predicted octanol–water partition coefficient (Wildman–Crippen LogP) is 21.9. The van der Waals surface area contributed by atoms with Gasteiger partial charge >= 0.3 is 0 Å².